The maximum atomic E-state index is 5.88. The number of fused-ring (bicyclic) bond motifs is 1. The van der Waals surface area contributed by atoms with Crippen LogP contribution < -0.4 is 14.8 Å². The first-order valence-corrected chi connectivity index (χ1v) is 8.34. The van der Waals surface area contributed by atoms with Crippen LogP contribution in [0.3, 0.4) is 0 Å². The second-order valence-corrected chi connectivity index (χ2v) is 6.36. The first kappa shape index (κ1) is 14.4. The maximum absolute atomic E-state index is 5.88. The Balaban J connectivity index is 2.00. The minimum Gasteiger partial charge on any atom is -0.486 e. The molecular weight excluding hydrogens is 282 g/mol. The smallest absolute Gasteiger partial charge is 0.166 e. The molecule has 0 fully saturated rings. The molecule has 1 N–H and O–H groups in total. The van der Waals surface area contributed by atoms with Crippen LogP contribution in [0.4, 0.5) is 0 Å². The van der Waals surface area contributed by atoms with Gasteiger partial charge in [0.2, 0.25) is 0 Å². The molecule has 1 aliphatic rings. The third-order valence-corrected chi connectivity index (χ3v) is 4.47. The summed E-state index contributed by atoms with van der Waals surface area (Å²) in [6.07, 6.45) is 1.10. The molecule has 0 bridgehead atoms. The first-order valence-electron chi connectivity index (χ1n) is 7.46. The van der Waals surface area contributed by atoms with Gasteiger partial charge in [0.25, 0.3) is 0 Å². The van der Waals surface area contributed by atoms with Gasteiger partial charge in [-0.1, -0.05) is 19.1 Å². The van der Waals surface area contributed by atoms with E-state index in [0.717, 1.165) is 24.5 Å². The molecule has 1 aromatic heterocycles. The third-order valence-electron chi connectivity index (χ3n) is 3.59. The van der Waals surface area contributed by atoms with E-state index < -0.39 is 0 Å². The van der Waals surface area contributed by atoms with Gasteiger partial charge in [-0.2, -0.15) is 0 Å². The Morgan fingerprint density at radius 3 is 2.90 bits per heavy atom. The van der Waals surface area contributed by atoms with Crippen molar-refractivity contribution in [3.05, 3.63) is 45.6 Å². The van der Waals surface area contributed by atoms with E-state index in [4.69, 9.17) is 9.47 Å². The summed E-state index contributed by atoms with van der Waals surface area (Å²) < 4.78 is 11.6. The maximum Gasteiger partial charge on any atom is 0.166 e. The number of thiophene rings is 1. The van der Waals surface area contributed by atoms with Crippen LogP contribution >= 0.6 is 11.3 Å². The predicted molar refractivity (Wildman–Crippen MR) is 86.6 cm³/mol. The highest BCUT2D eigenvalue weighted by Gasteiger charge is 2.23. The summed E-state index contributed by atoms with van der Waals surface area (Å²) in [5.74, 6) is 1.75. The molecule has 0 spiro atoms. The molecule has 3 nitrogen and oxygen atoms in total. The minimum absolute atomic E-state index is 0.159. The first-order chi connectivity index (χ1) is 10.3. The highest BCUT2D eigenvalue weighted by atomic mass is 32.1. The van der Waals surface area contributed by atoms with Crippen LogP contribution in [0.15, 0.2) is 29.6 Å². The van der Waals surface area contributed by atoms with Gasteiger partial charge in [-0.3, -0.25) is 0 Å². The number of aryl methyl sites for hydroxylation is 1. The Bertz CT molecular complexity index is 609. The van der Waals surface area contributed by atoms with Gasteiger partial charge in [-0.15, -0.1) is 11.3 Å². The van der Waals surface area contributed by atoms with Crippen LogP contribution in [0, 0.1) is 6.92 Å². The number of rotatable bonds is 5. The Morgan fingerprint density at radius 2 is 2.14 bits per heavy atom. The number of para-hydroxylation sites is 1. The molecule has 1 unspecified atom stereocenters. The fourth-order valence-corrected chi connectivity index (χ4v) is 3.36. The zero-order chi connectivity index (χ0) is 14.7. The molecule has 0 amide bonds. The molecule has 3 rings (SSSR count). The van der Waals surface area contributed by atoms with Crippen molar-refractivity contribution in [1.29, 1.82) is 0 Å². The van der Waals surface area contributed by atoms with Gasteiger partial charge >= 0.3 is 0 Å². The summed E-state index contributed by atoms with van der Waals surface area (Å²) in [7, 11) is 0. The van der Waals surface area contributed by atoms with Gasteiger partial charge in [-0.25, -0.2) is 0 Å². The Hall–Kier alpha value is -1.52. The standard InChI is InChI=1S/C17H21NO2S/c1-3-7-18-16(13-10-12(2)21-11-13)14-5-4-6-15-17(14)20-9-8-19-15/h4-6,10-11,16,18H,3,7-9H2,1-2H3. The Kier molecular flexibility index (Phi) is 4.46. The normalized spacial score (nSPS) is 15.0. The van der Waals surface area contributed by atoms with Crippen molar-refractivity contribution in [1.82, 2.24) is 5.32 Å². The molecule has 1 aromatic carbocycles. The quantitative estimate of drug-likeness (QED) is 0.908. The molecule has 0 aliphatic carbocycles. The summed E-state index contributed by atoms with van der Waals surface area (Å²) in [6, 6.07) is 8.57. The van der Waals surface area contributed by atoms with Crippen molar-refractivity contribution < 1.29 is 9.47 Å². The average molecular weight is 303 g/mol. The number of hydrogen-bond acceptors (Lipinski definition) is 4. The highest BCUT2D eigenvalue weighted by Crippen LogP contribution is 2.39. The van der Waals surface area contributed by atoms with Crippen LogP contribution in [0.5, 0.6) is 11.5 Å². The van der Waals surface area contributed by atoms with Gasteiger partial charge in [0.05, 0.1) is 6.04 Å². The minimum atomic E-state index is 0.159. The zero-order valence-corrected chi connectivity index (χ0v) is 13.3. The highest BCUT2D eigenvalue weighted by molar-refractivity contribution is 7.10. The Morgan fingerprint density at radius 1 is 1.29 bits per heavy atom. The topological polar surface area (TPSA) is 30.5 Å². The second kappa shape index (κ2) is 6.50. The molecule has 0 radical (unpaired) electrons. The number of nitrogens with one attached hydrogen (secondary N) is 1. The summed E-state index contributed by atoms with van der Waals surface area (Å²) in [4.78, 5) is 1.33. The number of benzene rings is 1. The lowest BCUT2D eigenvalue weighted by molar-refractivity contribution is 0.169. The van der Waals surface area contributed by atoms with Crippen molar-refractivity contribution in [3.63, 3.8) is 0 Å². The van der Waals surface area contributed by atoms with Crippen molar-refractivity contribution in [3.8, 4) is 11.5 Å². The third kappa shape index (κ3) is 3.06. The van der Waals surface area contributed by atoms with E-state index >= 15 is 0 Å². The van der Waals surface area contributed by atoms with Crippen molar-refractivity contribution in [2.75, 3.05) is 19.8 Å². The van der Waals surface area contributed by atoms with Gasteiger partial charge in [0.15, 0.2) is 11.5 Å². The van der Waals surface area contributed by atoms with Crippen LogP contribution in [-0.4, -0.2) is 19.8 Å². The van der Waals surface area contributed by atoms with Gasteiger partial charge in [0, 0.05) is 10.4 Å². The molecule has 112 valence electrons. The van der Waals surface area contributed by atoms with Gasteiger partial charge < -0.3 is 14.8 Å². The molecule has 2 heterocycles. The molecule has 1 atom stereocenters. The van der Waals surface area contributed by atoms with Gasteiger partial charge in [0.1, 0.15) is 13.2 Å². The van der Waals surface area contributed by atoms with E-state index in [9.17, 15) is 0 Å². The number of hydrogen-bond donors (Lipinski definition) is 1. The summed E-state index contributed by atoms with van der Waals surface area (Å²) in [5, 5.41) is 5.86. The van der Waals surface area contributed by atoms with E-state index in [1.54, 1.807) is 11.3 Å². The van der Waals surface area contributed by atoms with Gasteiger partial charge in [-0.05, 0) is 43.0 Å². The monoisotopic (exact) mass is 303 g/mol. The second-order valence-electron chi connectivity index (χ2n) is 5.25. The largest absolute Gasteiger partial charge is 0.486 e. The molecule has 4 heteroatoms. The number of ether oxygens (including phenoxy) is 2. The van der Waals surface area contributed by atoms with Crippen LogP contribution in [0.1, 0.15) is 35.4 Å². The lowest BCUT2D eigenvalue weighted by Crippen LogP contribution is -2.25. The molecule has 21 heavy (non-hydrogen) atoms. The fourth-order valence-electron chi connectivity index (χ4n) is 2.63. The molecule has 2 aromatic rings. The Labute approximate surface area is 129 Å². The van der Waals surface area contributed by atoms with Crippen LogP contribution in [0.2, 0.25) is 0 Å². The van der Waals surface area contributed by atoms with Crippen molar-refractivity contribution >= 4 is 11.3 Å². The molecular formula is C17H21NO2S. The lowest BCUT2D eigenvalue weighted by Gasteiger charge is -2.25. The average Bonchev–Trinajstić information content (AvgIpc) is 2.94. The lowest BCUT2D eigenvalue weighted by atomic mass is 9.99. The SMILES string of the molecule is CCCNC(c1csc(C)c1)c1cccc2c1OCCO2. The molecule has 1 aliphatic heterocycles. The molecule has 0 saturated carbocycles. The van der Waals surface area contributed by atoms with Crippen LogP contribution in [0.25, 0.3) is 0 Å². The predicted octanol–water partition coefficient (Wildman–Crippen LogP) is 3.92. The summed E-state index contributed by atoms with van der Waals surface area (Å²) in [5.41, 5.74) is 2.46. The van der Waals surface area contributed by atoms with E-state index in [1.165, 1.54) is 16.0 Å². The molecule has 0 saturated heterocycles. The van der Waals surface area contributed by atoms with Crippen molar-refractivity contribution in [2.24, 2.45) is 0 Å². The van der Waals surface area contributed by atoms with Crippen LogP contribution in [-0.2, 0) is 0 Å². The van der Waals surface area contributed by atoms with Crippen molar-refractivity contribution in [2.45, 2.75) is 26.3 Å². The summed E-state index contributed by atoms with van der Waals surface area (Å²) in [6.45, 7) is 6.55. The van der Waals surface area contributed by atoms with E-state index in [-0.39, 0.29) is 6.04 Å². The fraction of sp³-hybridized carbons (Fsp3) is 0.412. The summed E-state index contributed by atoms with van der Waals surface area (Å²) >= 11 is 1.79. The van der Waals surface area contributed by atoms with E-state index in [1.807, 2.05) is 12.1 Å². The van der Waals surface area contributed by atoms with E-state index in [0.29, 0.717) is 13.2 Å². The zero-order valence-electron chi connectivity index (χ0n) is 12.5. The van der Waals surface area contributed by atoms with E-state index in [2.05, 4.69) is 36.7 Å².